The molecule has 0 radical (unpaired) electrons. The first-order chi connectivity index (χ1) is 13.4. The summed E-state index contributed by atoms with van der Waals surface area (Å²) in [5.74, 6) is 0.118. The van der Waals surface area contributed by atoms with E-state index in [1.807, 2.05) is 37.3 Å². The van der Waals surface area contributed by atoms with E-state index in [2.05, 4.69) is 0 Å². The zero-order chi connectivity index (χ0) is 19.8. The number of imide groups is 1. The number of fused-ring (bicyclic) bond motifs is 1. The first-order valence-electron chi connectivity index (χ1n) is 9.10. The smallest absolute Gasteiger partial charge is 0.261 e. The molecular formula is C23H19NO4. The Morgan fingerprint density at radius 2 is 1.82 bits per heavy atom. The number of nitrogens with zero attached hydrogens (tertiary/aromatic N) is 1. The van der Waals surface area contributed by atoms with E-state index < -0.39 is 0 Å². The van der Waals surface area contributed by atoms with Crippen LogP contribution >= 0.6 is 0 Å². The molecule has 0 saturated carbocycles. The Labute approximate surface area is 162 Å². The molecule has 0 N–H and O–H groups in total. The lowest BCUT2D eigenvalue weighted by Crippen LogP contribution is -2.29. The van der Waals surface area contributed by atoms with Crippen molar-refractivity contribution < 1.29 is 19.1 Å². The van der Waals surface area contributed by atoms with Crippen LogP contribution in [0.15, 0.2) is 65.8 Å². The predicted molar refractivity (Wildman–Crippen MR) is 106 cm³/mol. The van der Waals surface area contributed by atoms with Gasteiger partial charge in [0, 0.05) is 16.7 Å². The van der Waals surface area contributed by atoms with E-state index in [9.17, 15) is 14.4 Å². The van der Waals surface area contributed by atoms with Crippen LogP contribution in [0.1, 0.15) is 36.2 Å². The van der Waals surface area contributed by atoms with Crippen molar-refractivity contribution in [2.45, 2.75) is 26.4 Å². The number of carbonyl (C=O) groups is 3. The van der Waals surface area contributed by atoms with E-state index in [4.69, 9.17) is 4.74 Å². The normalized spacial score (nSPS) is 20.1. The van der Waals surface area contributed by atoms with Crippen molar-refractivity contribution in [3.05, 3.63) is 76.9 Å². The van der Waals surface area contributed by atoms with Crippen molar-refractivity contribution >= 4 is 29.4 Å². The molecule has 1 saturated heterocycles. The lowest BCUT2D eigenvalue weighted by Gasteiger charge is -2.23. The topological polar surface area (TPSA) is 63.7 Å². The van der Waals surface area contributed by atoms with E-state index in [0.717, 1.165) is 16.9 Å². The molecule has 2 aromatic carbocycles. The fraction of sp³-hybridized carbons (Fsp3) is 0.174. The number of hydrogen-bond donors (Lipinski definition) is 0. The summed E-state index contributed by atoms with van der Waals surface area (Å²) in [6.45, 7) is 3.39. The van der Waals surface area contributed by atoms with Crippen LogP contribution in [0, 0.1) is 0 Å². The Kier molecular flexibility index (Phi) is 4.43. The van der Waals surface area contributed by atoms with Crippen LogP contribution in [0.3, 0.4) is 0 Å². The van der Waals surface area contributed by atoms with Gasteiger partial charge in [-0.2, -0.15) is 0 Å². The number of anilines is 1. The number of amides is 2. The summed E-state index contributed by atoms with van der Waals surface area (Å²) in [6, 6.07) is 14.2. The van der Waals surface area contributed by atoms with Gasteiger partial charge in [0.2, 0.25) is 5.91 Å². The zero-order valence-electron chi connectivity index (χ0n) is 15.6. The minimum atomic E-state index is -0.340. The predicted octanol–water partition coefficient (Wildman–Crippen LogP) is 3.94. The molecule has 2 amide bonds. The van der Waals surface area contributed by atoms with Crippen LogP contribution in [0.5, 0.6) is 5.75 Å². The maximum absolute atomic E-state index is 12.9. The number of para-hydroxylation sites is 1. The Balaban J connectivity index is 1.64. The maximum atomic E-state index is 12.9. The molecule has 2 heterocycles. The number of benzene rings is 2. The van der Waals surface area contributed by atoms with Gasteiger partial charge in [0.15, 0.2) is 5.78 Å². The number of Topliss-reactive ketones (excluding diaryl/α,β-unsaturated/α-hetero) is 1. The molecule has 2 aliphatic rings. The summed E-state index contributed by atoms with van der Waals surface area (Å²) < 4.78 is 5.91. The second-order valence-electron chi connectivity index (χ2n) is 6.93. The van der Waals surface area contributed by atoms with Gasteiger partial charge in [0.25, 0.3) is 5.91 Å². The second kappa shape index (κ2) is 6.93. The van der Waals surface area contributed by atoms with Gasteiger partial charge >= 0.3 is 0 Å². The monoisotopic (exact) mass is 373 g/mol. The molecule has 5 heteroatoms. The summed E-state index contributed by atoms with van der Waals surface area (Å²) in [6.07, 6.45) is 3.57. The minimum absolute atomic E-state index is 0.0407. The number of ketones is 1. The number of rotatable bonds is 3. The molecule has 2 aliphatic heterocycles. The van der Waals surface area contributed by atoms with Crippen molar-refractivity contribution in [3.8, 4) is 5.75 Å². The molecular weight excluding hydrogens is 354 g/mol. The molecule has 140 valence electrons. The first kappa shape index (κ1) is 17.9. The van der Waals surface area contributed by atoms with E-state index in [1.54, 1.807) is 30.3 Å². The third kappa shape index (κ3) is 3.16. The van der Waals surface area contributed by atoms with Crippen molar-refractivity contribution in [1.29, 1.82) is 0 Å². The van der Waals surface area contributed by atoms with Gasteiger partial charge in [0.1, 0.15) is 11.9 Å². The van der Waals surface area contributed by atoms with Gasteiger partial charge in [0.05, 0.1) is 12.1 Å². The molecule has 4 rings (SSSR count). The number of hydrogen-bond acceptors (Lipinski definition) is 4. The van der Waals surface area contributed by atoms with E-state index in [1.165, 1.54) is 11.8 Å². The molecule has 0 bridgehead atoms. The summed E-state index contributed by atoms with van der Waals surface area (Å²) in [7, 11) is 0. The lowest BCUT2D eigenvalue weighted by molar-refractivity contribution is -0.120. The lowest BCUT2D eigenvalue weighted by atomic mass is 10.00. The van der Waals surface area contributed by atoms with Gasteiger partial charge in [-0.25, -0.2) is 4.90 Å². The van der Waals surface area contributed by atoms with Crippen LogP contribution in [0.25, 0.3) is 6.08 Å². The highest BCUT2D eigenvalue weighted by Crippen LogP contribution is 2.32. The molecule has 2 aromatic rings. The van der Waals surface area contributed by atoms with Crippen molar-refractivity contribution in [2.24, 2.45) is 0 Å². The molecule has 5 nitrogen and oxygen atoms in total. The largest absolute Gasteiger partial charge is 0.485 e. The average Bonchev–Trinajstić information content (AvgIpc) is 2.95. The summed E-state index contributed by atoms with van der Waals surface area (Å²) >= 11 is 0. The maximum Gasteiger partial charge on any atom is 0.261 e. The molecule has 1 fully saturated rings. The van der Waals surface area contributed by atoms with E-state index >= 15 is 0 Å². The zero-order valence-corrected chi connectivity index (χ0v) is 15.6. The quantitative estimate of drug-likeness (QED) is 0.464. The standard InChI is InChI=1S/C23H19NO4/c1-14(25)16-7-9-20(10-8-16)24-22(26)13-19(23(24)27)12-18-11-17-5-3-4-6-21(17)28-15(18)2/h3-12,15H,13H2,1-2H3/b19-12+. The minimum Gasteiger partial charge on any atom is -0.485 e. The van der Waals surface area contributed by atoms with Gasteiger partial charge in [-0.3, -0.25) is 14.4 Å². The summed E-state index contributed by atoms with van der Waals surface area (Å²) in [4.78, 5) is 37.9. The molecule has 1 unspecified atom stereocenters. The number of ether oxygens (including phenoxy) is 1. The summed E-state index contributed by atoms with van der Waals surface area (Å²) in [5, 5.41) is 0. The fourth-order valence-corrected chi connectivity index (χ4v) is 3.42. The molecule has 1 atom stereocenters. The van der Waals surface area contributed by atoms with Gasteiger partial charge in [-0.05, 0) is 61.9 Å². The van der Waals surface area contributed by atoms with Gasteiger partial charge in [-0.1, -0.05) is 18.2 Å². The van der Waals surface area contributed by atoms with Gasteiger partial charge < -0.3 is 4.74 Å². The molecule has 0 aliphatic carbocycles. The molecule has 28 heavy (non-hydrogen) atoms. The SMILES string of the molecule is CC(=O)c1ccc(N2C(=O)C/C(=C\C3=Cc4ccccc4OC3C)C2=O)cc1. The summed E-state index contributed by atoms with van der Waals surface area (Å²) in [5.41, 5.74) is 3.23. The van der Waals surface area contributed by atoms with Crippen LogP contribution in [0.2, 0.25) is 0 Å². The van der Waals surface area contributed by atoms with Crippen molar-refractivity contribution in [3.63, 3.8) is 0 Å². The highest BCUT2D eigenvalue weighted by molar-refractivity contribution is 6.28. The second-order valence-corrected chi connectivity index (χ2v) is 6.93. The van der Waals surface area contributed by atoms with Crippen LogP contribution in [-0.2, 0) is 9.59 Å². The van der Waals surface area contributed by atoms with E-state index in [0.29, 0.717) is 16.8 Å². The molecule has 0 aromatic heterocycles. The highest BCUT2D eigenvalue weighted by atomic mass is 16.5. The van der Waals surface area contributed by atoms with Crippen molar-refractivity contribution in [1.82, 2.24) is 0 Å². The Bertz CT molecular complexity index is 1050. The Morgan fingerprint density at radius 3 is 2.54 bits per heavy atom. The third-order valence-corrected chi connectivity index (χ3v) is 4.96. The van der Waals surface area contributed by atoms with Crippen LogP contribution < -0.4 is 9.64 Å². The van der Waals surface area contributed by atoms with Crippen LogP contribution in [-0.4, -0.2) is 23.7 Å². The highest BCUT2D eigenvalue weighted by Gasteiger charge is 2.35. The first-order valence-corrected chi connectivity index (χ1v) is 9.10. The van der Waals surface area contributed by atoms with Crippen LogP contribution in [0.4, 0.5) is 5.69 Å². The van der Waals surface area contributed by atoms with Crippen molar-refractivity contribution in [2.75, 3.05) is 4.90 Å². The Morgan fingerprint density at radius 1 is 1.11 bits per heavy atom. The third-order valence-electron chi connectivity index (χ3n) is 4.96. The van der Waals surface area contributed by atoms with E-state index in [-0.39, 0.29) is 30.1 Å². The van der Waals surface area contributed by atoms with Gasteiger partial charge in [-0.15, -0.1) is 0 Å². The molecule has 0 spiro atoms. The number of carbonyl (C=O) groups excluding carboxylic acids is 3. The fourth-order valence-electron chi connectivity index (χ4n) is 3.42. The Hall–Kier alpha value is -3.47. The average molecular weight is 373 g/mol.